The van der Waals surface area contributed by atoms with Crippen LogP contribution in [0.15, 0.2) is 24.3 Å². The Hall–Kier alpha value is -0.820. The number of nitrogens with one attached hydrogen (secondary N) is 1. The minimum Gasteiger partial charge on any atom is -0.317 e. The summed E-state index contributed by atoms with van der Waals surface area (Å²) in [5.41, 5.74) is 2.83. The average Bonchev–Trinajstić information content (AvgIpc) is 2.23. The van der Waals surface area contributed by atoms with Crippen molar-refractivity contribution in [3.63, 3.8) is 0 Å². The van der Waals surface area contributed by atoms with Gasteiger partial charge in [0.15, 0.2) is 0 Å². The van der Waals surface area contributed by atoms with Crippen LogP contribution in [0.4, 0.5) is 0 Å². The Morgan fingerprint density at radius 2 is 1.94 bits per heavy atom. The van der Waals surface area contributed by atoms with Gasteiger partial charge < -0.3 is 5.32 Å². The highest BCUT2D eigenvalue weighted by atomic mass is 14.9. The fourth-order valence-electron chi connectivity index (χ4n) is 2.53. The molecule has 1 aliphatic carbocycles. The maximum atomic E-state index is 3.49. The lowest BCUT2D eigenvalue weighted by Crippen LogP contribution is -2.37. The number of benzene rings is 1. The molecule has 1 aliphatic rings. The second-order valence-corrected chi connectivity index (χ2v) is 5.11. The SMILES string of the molecule is CNC(CCc1ccc(C)cc1)C1CCC1. The monoisotopic (exact) mass is 217 g/mol. The fourth-order valence-corrected chi connectivity index (χ4v) is 2.53. The molecule has 1 atom stereocenters. The molecule has 16 heavy (non-hydrogen) atoms. The van der Waals surface area contributed by atoms with Crippen molar-refractivity contribution in [2.45, 2.75) is 45.1 Å². The Balaban J connectivity index is 1.83. The number of hydrogen-bond donors (Lipinski definition) is 1. The van der Waals surface area contributed by atoms with Gasteiger partial charge in [-0.2, -0.15) is 0 Å². The Labute approximate surface area is 99.3 Å². The zero-order valence-corrected chi connectivity index (χ0v) is 10.5. The summed E-state index contributed by atoms with van der Waals surface area (Å²) in [6.07, 6.45) is 6.79. The van der Waals surface area contributed by atoms with Gasteiger partial charge in [-0.25, -0.2) is 0 Å². The van der Waals surface area contributed by atoms with E-state index in [4.69, 9.17) is 0 Å². The first kappa shape index (κ1) is 11.7. The van der Waals surface area contributed by atoms with Crippen molar-refractivity contribution < 1.29 is 0 Å². The van der Waals surface area contributed by atoms with E-state index in [1.54, 1.807) is 0 Å². The number of aryl methyl sites for hydroxylation is 2. The zero-order valence-electron chi connectivity index (χ0n) is 10.5. The van der Waals surface area contributed by atoms with Crippen LogP contribution in [0.25, 0.3) is 0 Å². The first-order valence-corrected chi connectivity index (χ1v) is 6.52. The van der Waals surface area contributed by atoms with E-state index >= 15 is 0 Å². The van der Waals surface area contributed by atoms with Crippen molar-refractivity contribution in [2.75, 3.05) is 7.05 Å². The van der Waals surface area contributed by atoms with Crippen molar-refractivity contribution in [1.29, 1.82) is 0 Å². The molecule has 1 aromatic carbocycles. The minimum absolute atomic E-state index is 0.732. The van der Waals surface area contributed by atoms with Crippen LogP contribution in [0.3, 0.4) is 0 Å². The summed E-state index contributed by atoms with van der Waals surface area (Å²) >= 11 is 0. The van der Waals surface area contributed by atoms with Gasteiger partial charge >= 0.3 is 0 Å². The van der Waals surface area contributed by atoms with E-state index in [0.717, 1.165) is 12.0 Å². The highest BCUT2D eigenvalue weighted by Crippen LogP contribution is 2.31. The van der Waals surface area contributed by atoms with Gasteiger partial charge in [0.05, 0.1) is 0 Å². The van der Waals surface area contributed by atoms with Gasteiger partial charge in [0.25, 0.3) is 0 Å². The van der Waals surface area contributed by atoms with E-state index in [2.05, 4.69) is 43.6 Å². The zero-order chi connectivity index (χ0) is 11.4. The third kappa shape index (κ3) is 2.85. The van der Waals surface area contributed by atoms with Crippen LogP contribution in [0, 0.1) is 12.8 Å². The summed E-state index contributed by atoms with van der Waals surface area (Å²) in [7, 11) is 2.11. The largest absolute Gasteiger partial charge is 0.317 e. The lowest BCUT2D eigenvalue weighted by atomic mass is 9.78. The molecule has 0 bridgehead atoms. The summed E-state index contributed by atoms with van der Waals surface area (Å²) in [6, 6.07) is 9.70. The summed E-state index contributed by atoms with van der Waals surface area (Å²) in [5.74, 6) is 0.940. The normalized spacial score (nSPS) is 18.1. The predicted octanol–water partition coefficient (Wildman–Crippen LogP) is 3.32. The molecule has 1 heteroatoms. The molecule has 0 heterocycles. The summed E-state index contributed by atoms with van der Waals surface area (Å²) in [5, 5.41) is 3.49. The molecule has 1 saturated carbocycles. The Morgan fingerprint density at radius 1 is 1.25 bits per heavy atom. The quantitative estimate of drug-likeness (QED) is 0.798. The van der Waals surface area contributed by atoms with Gasteiger partial charge in [-0.3, -0.25) is 0 Å². The Kier molecular flexibility index (Phi) is 4.00. The summed E-state index contributed by atoms with van der Waals surface area (Å²) in [6.45, 7) is 2.15. The van der Waals surface area contributed by atoms with Crippen LogP contribution < -0.4 is 5.32 Å². The van der Waals surface area contributed by atoms with Crippen LogP contribution in [-0.4, -0.2) is 13.1 Å². The maximum absolute atomic E-state index is 3.49. The smallest absolute Gasteiger partial charge is 0.00954 e. The Morgan fingerprint density at radius 3 is 2.44 bits per heavy atom. The van der Waals surface area contributed by atoms with E-state index in [9.17, 15) is 0 Å². The molecule has 0 aliphatic heterocycles. The van der Waals surface area contributed by atoms with E-state index in [1.165, 1.54) is 43.2 Å². The predicted molar refractivity (Wildman–Crippen MR) is 69.7 cm³/mol. The van der Waals surface area contributed by atoms with Crippen LogP contribution in [0.1, 0.15) is 36.8 Å². The van der Waals surface area contributed by atoms with Gasteiger partial charge in [-0.05, 0) is 51.1 Å². The first-order valence-electron chi connectivity index (χ1n) is 6.52. The standard InChI is InChI=1S/C15H23N/c1-12-6-8-13(9-7-12)10-11-15(16-2)14-4-3-5-14/h6-9,14-16H,3-5,10-11H2,1-2H3. The van der Waals surface area contributed by atoms with Gasteiger partial charge in [0, 0.05) is 6.04 Å². The van der Waals surface area contributed by atoms with Crippen molar-refractivity contribution in [1.82, 2.24) is 5.32 Å². The van der Waals surface area contributed by atoms with E-state index < -0.39 is 0 Å². The van der Waals surface area contributed by atoms with Crippen LogP contribution in [-0.2, 0) is 6.42 Å². The highest BCUT2D eigenvalue weighted by molar-refractivity contribution is 5.21. The van der Waals surface area contributed by atoms with Crippen LogP contribution >= 0.6 is 0 Å². The molecule has 1 fully saturated rings. The lowest BCUT2D eigenvalue weighted by molar-refractivity contribution is 0.228. The van der Waals surface area contributed by atoms with Gasteiger partial charge in [-0.1, -0.05) is 36.2 Å². The third-order valence-electron chi connectivity index (χ3n) is 3.95. The molecule has 0 amide bonds. The minimum atomic E-state index is 0.732. The van der Waals surface area contributed by atoms with Crippen molar-refractivity contribution in [3.8, 4) is 0 Å². The number of hydrogen-bond acceptors (Lipinski definition) is 1. The van der Waals surface area contributed by atoms with E-state index in [0.29, 0.717) is 0 Å². The fraction of sp³-hybridized carbons (Fsp3) is 0.600. The molecule has 88 valence electrons. The van der Waals surface area contributed by atoms with Gasteiger partial charge in [0.1, 0.15) is 0 Å². The molecule has 0 radical (unpaired) electrons. The maximum Gasteiger partial charge on any atom is 0.00954 e. The topological polar surface area (TPSA) is 12.0 Å². The second-order valence-electron chi connectivity index (χ2n) is 5.11. The van der Waals surface area contributed by atoms with Crippen molar-refractivity contribution in [2.24, 2.45) is 5.92 Å². The molecular weight excluding hydrogens is 194 g/mol. The molecular formula is C15H23N. The summed E-state index contributed by atoms with van der Waals surface area (Å²) in [4.78, 5) is 0. The van der Waals surface area contributed by atoms with E-state index in [-0.39, 0.29) is 0 Å². The molecule has 1 N–H and O–H groups in total. The molecule has 1 nitrogen and oxygen atoms in total. The third-order valence-corrected chi connectivity index (χ3v) is 3.95. The lowest BCUT2D eigenvalue weighted by Gasteiger charge is -2.33. The molecule has 0 saturated heterocycles. The molecule has 1 aromatic rings. The molecule has 0 aromatic heterocycles. The first-order chi connectivity index (χ1) is 7.79. The second kappa shape index (κ2) is 5.49. The molecule has 0 spiro atoms. The molecule has 1 unspecified atom stereocenters. The van der Waals surface area contributed by atoms with E-state index in [1.807, 2.05) is 0 Å². The van der Waals surface area contributed by atoms with Crippen LogP contribution in [0.2, 0.25) is 0 Å². The highest BCUT2D eigenvalue weighted by Gasteiger charge is 2.25. The van der Waals surface area contributed by atoms with Crippen molar-refractivity contribution in [3.05, 3.63) is 35.4 Å². The van der Waals surface area contributed by atoms with Crippen molar-refractivity contribution >= 4 is 0 Å². The average molecular weight is 217 g/mol. The number of rotatable bonds is 5. The van der Waals surface area contributed by atoms with Gasteiger partial charge in [-0.15, -0.1) is 0 Å². The Bertz CT molecular complexity index is 311. The van der Waals surface area contributed by atoms with Crippen LogP contribution in [0.5, 0.6) is 0 Å². The summed E-state index contributed by atoms with van der Waals surface area (Å²) < 4.78 is 0. The van der Waals surface area contributed by atoms with Gasteiger partial charge in [0.2, 0.25) is 0 Å². The molecule has 2 rings (SSSR count).